The third-order valence-corrected chi connectivity index (χ3v) is 6.44. The van der Waals surface area contributed by atoms with Gasteiger partial charge in [0.05, 0.1) is 11.5 Å². The van der Waals surface area contributed by atoms with Gasteiger partial charge in [0.2, 0.25) is 10.0 Å². The Hall–Kier alpha value is -0.920. The fraction of sp³-hybridized carbons (Fsp3) is 0.286. The Morgan fingerprint density at radius 1 is 1.38 bits per heavy atom. The first-order valence-electron chi connectivity index (χ1n) is 6.31. The van der Waals surface area contributed by atoms with Gasteiger partial charge < -0.3 is 5.11 Å². The number of sulfonamides is 1. The minimum absolute atomic E-state index is 0.161. The maximum absolute atomic E-state index is 12.5. The van der Waals surface area contributed by atoms with Crippen LogP contribution in [0.5, 0.6) is 0 Å². The predicted octanol–water partition coefficient (Wildman–Crippen LogP) is 3.24. The average Bonchev–Trinajstić information content (AvgIpc) is 2.80. The highest BCUT2D eigenvalue weighted by molar-refractivity contribution is 7.89. The minimum atomic E-state index is -3.71. The van der Waals surface area contributed by atoms with E-state index in [-0.39, 0.29) is 11.5 Å². The molecule has 21 heavy (non-hydrogen) atoms. The van der Waals surface area contributed by atoms with Crippen LogP contribution >= 0.6 is 22.9 Å². The molecule has 1 aromatic heterocycles. The van der Waals surface area contributed by atoms with Crippen LogP contribution in [0.4, 0.5) is 0 Å². The summed E-state index contributed by atoms with van der Waals surface area (Å²) in [5.74, 6) is 0. The van der Waals surface area contributed by atoms with Crippen molar-refractivity contribution in [3.8, 4) is 0 Å². The van der Waals surface area contributed by atoms with Crippen LogP contribution < -0.4 is 4.72 Å². The number of thiophene rings is 1. The van der Waals surface area contributed by atoms with Crippen molar-refractivity contribution in [2.24, 2.45) is 0 Å². The summed E-state index contributed by atoms with van der Waals surface area (Å²) in [6.07, 6.45) is 0. The van der Waals surface area contributed by atoms with Crippen molar-refractivity contribution in [3.05, 3.63) is 50.7 Å². The molecule has 0 spiro atoms. The van der Waals surface area contributed by atoms with Crippen LogP contribution in [-0.4, -0.2) is 13.5 Å². The number of hydrogen-bond acceptors (Lipinski definition) is 4. The van der Waals surface area contributed by atoms with Crippen molar-refractivity contribution in [1.29, 1.82) is 0 Å². The van der Waals surface area contributed by atoms with Crippen LogP contribution in [0.3, 0.4) is 0 Å². The molecule has 0 radical (unpaired) electrons. The minimum Gasteiger partial charge on any atom is -0.391 e. The molecule has 2 N–H and O–H groups in total. The van der Waals surface area contributed by atoms with Gasteiger partial charge in [0.15, 0.2) is 0 Å². The van der Waals surface area contributed by atoms with E-state index in [9.17, 15) is 13.5 Å². The summed E-state index contributed by atoms with van der Waals surface area (Å²) in [7, 11) is -3.71. The summed E-state index contributed by atoms with van der Waals surface area (Å²) < 4.78 is 27.7. The van der Waals surface area contributed by atoms with Gasteiger partial charge in [-0.3, -0.25) is 0 Å². The van der Waals surface area contributed by atoms with Crippen LogP contribution in [0.1, 0.15) is 29.0 Å². The van der Waals surface area contributed by atoms with E-state index in [1.807, 2.05) is 0 Å². The van der Waals surface area contributed by atoms with Crippen molar-refractivity contribution < 1.29 is 13.5 Å². The Kier molecular flexibility index (Phi) is 5.06. The van der Waals surface area contributed by atoms with E-state index in [0.29, 0.717) is 21.0 Å². The van der Waals surface area contributed by atoms with Gasteiger partial charge in [-0.1, -0.05) is 29.8 Å². The molecular weight excluding hydrogens is 330 g/mol. The van der Waals surface area contributed by atoms with Crippen LogP contribution in [0, 0.1) is 6.92 Å². The maximum Gasteiger partial charge on any atom is 0.242 e. The molecule has 1 atom stereocenters. The summed E-state index contributed by atoms with van der Waals surface area (Å²) in [6.45, 7) is 3.15. The van der Waals surface area contributed by atoms with Crippen molar-refractivity contribution in [3.63, 3.8) is 0 Å². The van der Waals surface area contributed by atoms with Crippen LogP contribution in [0.2, 0.25) is 5.02 Å². The van der Waals surface area contributed by atoms with Crippen molar-refractivity contribution in [1.82, 2.24) is 4.72 Å². The molecule has 114 valence electrons. The van der Waals surface area contributed by atoms with Crippen LogP contribution in [0.25, 0.3) is 0 Å². The van der Waals surface area contributed by atoms with Crippen molar-refractivity contribution in [2.75, 3.05) is 0 Å². The molecule has 0 aliphatic rings. The summed E-state index contributed by atoms with van der Waals surface area (Å²) in [5, 5.41) is 11.5. The van der Waals surface area contributed by atoms with Gasteiger partial charge >= 0.3 is 0 Å². The first-order valence-corrected chi connectivity index (χ1v) is 9.05. The topological polar surface area (TPSA) is 66.4 Å². The first-order chi connectivity index (χ1) is 9.86. The third-order valence-electron chi connectivity index (χ3n) is 3.11. The normalized spacial score (nSPS) is 13.3. The summed E-state index contributed by atoms with van der Waals surface area (Å²) in [5.41, 5.74) is 1.34. The lowest BCUT2D eigenvalue weighted by atomic mass is 10.1. The molecule has 0 saturated carbocycles. The zero-order valence-corrected chi connectivity index (χ0v) is 14.0. The molecule has 0 fully saturated rings. The van der Waals surface area contributed by atoms with Gasteiger partial charge in [-0.05, 0) is 36.4 Å². The fourth-order valence-electron chi connectivity index (χ4n) is 2.14. The molecule has 1 aromatic carbocycles. The van der Waals surface area contributed by atoms with E-state index in [4.69, 9.17) is 11.6 Å². The lowest BCUT2D eigenvalue weighted by Crippen LogP contribution is -2.28. The number of hydrogen-bond donors (Lipinski definition) is 2. The van der Waals surface area contributed by atoms with Gasteiger partial charge in [-0.15, -0.1) is 11.3 Å². The third kappa shape index (κ3) is 3.46. The Morgan fingerprint density at radius 2 is 2.05 bits per heavy atom. The number of aliphatic hydroxyl groups excluding tert-OH is 1. The molecule has 7 heteroatoms. The number of rotatable bonds is 5. The highest BCUT2D eigenvalue weighted by Gasteiger charge is 2.25. The van der Waals surface area contributed by atoms with E-state index >= 15 is 0 Å². The Bertz CT molecular complexity index is 740. The number of halogens is 1. The number of benzene rings is 1. The lowest BCUT2D eigenvalue weighted by Gasteiger charge is -2.16. The van der Waals surface area contributed by atoms with E-state index < -0.39 is 16.1 Å². The number of aryl methyl sites for hydroxylation is 1. The second kappa shape index (κ2) is 6.46. The molecule has 0 aliphatic carbocycles. The van der Waals surface area contributed by atoms with Gasteiger partial charge in [0.25, 0.3) is 0 Å². The molecule has 2 rings (SSSR count). The molecule has 1 heterocycles. The standard InChI is InChI=1S/C14H16ClNO3S2/c1-9-8-20-13(7-17)14(9)21(18,19)16-10(2)11-5-3-4-6-12(11)15/h3-6,8,10,16-17H,7H2,1-2H3. The smallest absolute Gasteiger partial charge is 0.242 e. The van der Waals surface area contributed by atoms with Gasteiger partial charge in [0.1, 0.15) is 4.90 Å². The predicted molar refractivity (Wildman–Crippen MR) is 85.2 cm³/mol. The lowest BCUT2D eigenvalue weighted by molar-refractivity contribution is 0.282. The van der Waals surface area contributed by atoms with E-state index in [0.717, 1.165) is 0 Å². The monoisotopic (exact) mass is 345 g/mol. The van der Waals surface area contributed by atoms with Gasteiger partial charge in [-0.2, -0.15) is 0 Å². The van der Waals surface area contributed by atoms with Crippen LogP contribution in [0.15, 0.2) is 34.5 Å². The second-order valence-electron chi connectivity index (χ2n) is 4.69. The molecule has 0 bridgehead atoms. The Morgan fingerprint density at radius 3 is 2.67 bits per heavy atom. The zero-order chi connectivity index (χ0) is 15.6. The van der Waals surface area contributed by atoms with Crippen molar-refractivity contribution in [2.45, 2.75) is 31.4 Å². The van der Waals surface area contributed by atoms with Gasteiger partial charge in [0, 0.05) is 11.1 Å². The largest absolute Gasteiger partial charge is 0.391 e. The highest BCUT2D eigenvalue weighted by atomic mass is 35.5. The molecule has 0 amide bonds. The van der Waals surface area contributed by atoms with E-state index in [1.165, 1.54) is 11.3 Å². The Labute approximate surface area is 133 Å². The zero-order valence-electron chi connectivity index (χ0n) is 11.6. The summed E-state index contributed by atoms with van der Waals surface area (Å²) in [6, 6.07) is 6.63. The molecule has 0 aliphatic heterocycles. The maximum atomic E-state index is 12.5. The second-order valence-corrected chi connectivity index (χ2v) is 7.72. The first kappa shape index (κ1) is 16.5. The van der Waals surface area contributed by atoms with Gasteiger partial charge in [-0.25, -0.2) is 13.1 Å². The van der Waals surface area contributed by atoms with Crippen molar-refractivity contribution >= 4 is 33.0 Å². The SMILES string of the molecule is Cc1csc(CO)c1S(=O)(=O)NC(C)c1ccccc1Cl. The number of nitrogens with one attached hydrogen (secondary N) is 1. The molecule has 0 saturated heterocycles. The molecular formula is C14H16ClNO3S2. The molecule has 1 unspecified atom stereocenters. The van der Waals surface area contributed by atoms with E-state index in [1.54, 1.807) is 43.5 Å². The quantitative estimate of drug-likeness (QED) is 0.874. The number of aliphatic hydroxyl groups is 1. The Balaban J connectivity index is 2.34. The molecule has 4 nitrogen and oxygen atoms in total. The summed E-state index contributed by atoms with van der Waals surface area (Å²) in [4.78, 5) is 0.597. The fourth-order valence-corrected chi connectivity index (χ4v) is 5.32. The summed E-state index contributed by atoms with van der Waals surface area (Å²) >= 11 is 7.32. The van der Waals surface area contributed by atoms with Crippen LogP contribution in [-0.2, 0) is 16.6 Å². The molecule has 2 aromatic rings. The highest BCUT2D eigenvalue weighted by Crippen LogP contribution is 2.29. The van der Waals surface area contributed by atoms with E-state index in [2.05, 4.69) is 4.72 Å². The average molecular weight is 346 g/mol.